The Labute approximate surface area is 327 Å². The number of H-pyrrole nitrogens is 2. The van der Waals surface area contributed by atoms with Gasteiger partial charge in [0.25, 0.3) is 0 Å². The van der Waals surface area contributed by atoms with Crippen LogP contribution in [0.5, 0.6) is 0 Å². The topological polar surface area (TPSA) is 175 Å². The maximum absolute atomic E-state index is 13.5. The molecule has 0 unspecified atom stereocenters. The minimum absolute atomic E-state index is 0.0104. The van der Waals surface area contributed by atoms with Crippen LogP contribution in [0.2, 0.25) is 0 Å². The summed E-state index contributed by atoms with van der Waals surface area (Å²) in [5.74, 6) is 7.62. The molecule has 56 heavy (non-hydrogen) atoms. The highest BCUT2D eigenvalue weighted by atomic mass is 16.5. The van der Waals surface area contributed by atoms with E-state index in [1.807, 2.05) is 86.0 Å². The summed E-state index contributed by atoms with van der Waals surface area (Å²) in [5.41, 5.74) is 5.29. The van der Waals surface area contributed by atoms with Crippen LogP contribution >= 0.6 is 0 Å². The summed E-state index contributed by atoms with van der Waals surface area (Å²) in [7, 11) is 2.57. The zero-order valence-corrected chi connectivity index (χ0v) is 32.7. The van der Waals surface area contributed by atoms with Gasteiger partial charge in [-0.1, -0.05) is 50.0 Å². The molecule has 14 heteroatoms. The summed E-state index contributed by atoms with van der Waals surface area (Å²) in [5, 5.41) is 5.31. The van der Waals surface area contributed by atoms with Gasteiger partial charge in [-0.2, -0.15) is 0 Å². The summed E-state index contributed by atoms with van der Waals surface area (Å²) in [6, 6.07) is 14.1. The number of imidazole rings is 2. The molecule has 0 radical (unpaired) electrons. The molecule has 2 aliphatic heterocycles. The van der Waals surface area contributed by atoms with Crippen molar-refractivity contribution in [2.24, 2.45) is 0 Å². The van der Waals surface area contributed by atoms with Gasteiger partial charge in [-0.15, -0.1) is 0 Å². The molecule has 0 bridgehead atoms. The van der Waals surface area contributed by atoms with Crippen molar-refractivity contribution in [1.29, 1.82) is 0 Å². The largest absolute Gasteiger partial charge is 0.453 e. The van der Waals surface area contributed by atoms with Gasteiger partial charge < -0.3 is 39.9 Å². The van der Waals surface area contributed by atoms with E-state index in [1.165, 1.54) is 14.2 Å². The van der Waals surface area contributed by atoms with Crippen LogP contribution in [0.25, 0.3) is 22.5 Å². The van der Waals surface area contributed by atoms with Crippen LogP contribution in [0.15, 0.2) is 60.9 Å². The first kappa shape index (κ1) is 39.6. The van der Waals surface area contributed by atoms with E-state index in [2.05, 4.69) is 42.4 Å². The number of hydrogen-bond donors (Lipinski definition) is 4. The van der Waals surface area contributed by atoms with Crippen molar-refractivity contribution in [3.05, 3.63) is 83.7 Å². The van der Waals surface area contributed by atoms with Crippen molar-refractivity contribution >= 4 is 24.0 Å². The van der Waals surface area contributed by atoms with Crippen LogP contribution in [0.1, 0.15) is 101 Å². The number of carbonyl (C=O) groups excluding carboxylic acids is 4. The number of likely N-dealkylation sites (tertiary alicyclic amines) is 2. The number of nitrogens with one attached hydrogen (secondary N) is 4. The van der Waals surface area contributed by atoms with Gasteiger partial charge >= 0.3 is 12.2 Å². The molecule has 14 nitrogen and oxygen atoms in total. The Morgan fingerprint density at radius 1 is 0.679 bits per heavy atom. The Morgan fingerprint density at radius 2 is 1.05 bits per heavy atom. The normalized spacial score (nSPS) is 20.1. The number of methoxy groups -OCH3 is 2. The molecule has 4 amide bonds. The quantitative estimate of drug-likeness (QED) is 0.137. The van der Waals surface area contributed by atoms with Gasteiger partial charge in [-0.05, 0) is 87.8 Å². The zero-order valence-electron chi connectivity index (χ0n) is 32.7. The summed E-state index contributed by atoms with van der Waals surface area (Å²) in [6.07, 6.45) is 6.43. The fourth-order valence-corrected chi connectivity index (χ4v) is 7.60. The van der Waals surface area contributed by atoms with Crippen LogP contribution in [0, 0.1) is 11.8 Å². The molecule has 6 atom stereocenters. The fourth-order valence-electron chi connectivity index (χ4n) is 7.60. The van der Waals surface area contributed by atoms with E-state index in [4.69, 9.17) is 9.47 Å². The SMILES string of the molecule is CC[C@H](NC(=O)OC)C(=O)N1[C@@H](C)CC[C@H]1c1ncc(-c2ccc(C#Cc3ccc(-c4cnc([C@@H]5CC[C@H](C)N5C(=O)[C@H](CC)NC(=O)OC)[nH]4)cc3)cc2)[nH]1. The maximum Gasteiger partial charge on any atom is 0.407 e. The minimum atomic E-state index is -0.674. The van der Waals surface area contributed by atoms with Crippen LogP contribution in [-0.2, 0) is 19.1 Å². The Bertz CT molecular complexity index is 1940. The Balaban J connectivity index is 1.09. The molecule has 0 aliphatic carbocycles. The molecular weight excluding hydrogens is 713 g/mol. The van der Waals surface area contributed by atoms with E-state index in [-0.39, 0.29) is 36.0 Å². The highest BCUT2D eigenvalue weighted by Gasteiger charge is 2.41. The first-order chi connectivity index (χ1) is 27.0. The van der Waals surface area contributed by atoms with E-state index in [0.717, 1.165) is 59.3 Å². The average molecular weight is 763 g/mol. The average Bonchev–Trinajstić information content (AvgIpc) is 4.05. The summed E-state index contributed by atoms with van der Waals surface area (Å²) >= 11 is 0. The van der Waals surface area contributed by atoms with Crippen molar-refractivity contribution in [2.45, 2.75) is 102 Å². The molecule has 2 fully saturated rings. The number of carbonyl (C=O) groups is 4. The molecular formula is C42H50N8O6. The predicted molar refractivity (Wildman–Crippen MR) is 210 cm³/mol. The number of hydrogen-bond acceptors (Lipinski definition) is 8. The molecule has 2 saturated heterocycles. The highest BCUT2D eigenvalue weighted by molar-refractivity contribution is 5.87. The summed E-state index contributed by atoms with van der Waals surface area (Å²) < 4.78 is 9.45. The second-order valence-electron chi connectivity index (χ2n) is 14.3. The van der Waals surface area contributed by atoms with Crippen LogP contribution in [0.3, 0.4) is 0 Å². The molecule has 0 spiro atoms. The smallest absolute Gasteiger partial charge is 0.407 e. The van der Waals surface area contributed by atoms with Gasteiger partial charge in [0.2, 0.25) is 11.8 Å². The molecule has 2 aromatic heterocycles. The van der Waals surface area contributed by atoms with E-state index in [9.17, 15) is 19.2 Å². The van der Waals surface area contributed by atoms with E-state index < -0.39 is 24.3 Å². The van der Waals surface area contributed by atoms with Crippen LogP contribution < -0.4 is 10.6 Å². The highest BCUT2D eigenvalue weighted by Crippen LogP contribution is 2.37. The molecule has 2 aliphatic rings. The number of nitrogens with zero attached hydrogens (tertiary/aromatic N) is 4. The third-order valence-corrected chi connectivity index (χ3v) is 10.8. The molecule has 294 valence electrons. The number of aromatic nitrogens is 4. The third-order valence-electron chi connectivity index (χ3n) is 10.8. The van der Waals surface area contributed by atoms with Crippen molar-refractivity contribution in [1.82, 2.24) is 40.4 Å². The monoisotopic (exact) mass is 762 g/mol. The van der Waals surface area contributed by atoms with Crippen LogP contribution in [0.4, 0.5) is 9.59 Å². The summed E-state index contributed by atoms with van der Waals surface area (Å²) in [6.45, 7) is 7.75. The standard InChI is InChI=1S/C42H50N8O6/c1-7-31(47-41(53)55-5)39(51)49-25(3)9-21-35(49)37-43-23-33(45-37)29-17-13-27(14-18-29)11-12-28-15-19-30(20-16-28)34-24-44-38(46-34)36-22-10-26(4)50(36)40(52)32(8-2)48-42(54)56-6/h13-20,23-26,31-32,35-36H,7-10,21-22H2,1-6H3,(H,43,45)(H,44,46)(H,47,53)(H,48,54)/t25-,26-,31-,32-,35-,36-/m0/s1. The fraction of sp³-hybridized carbons (Fsp3) is 0.429. The number of alkyl carbamates (subject to hydrolysis) is 2. The van der Waals surface area contributed by atoms with Crippen molar-refractivity contribution in [2.75, 3.05) is 14.2 Å². The number of amides is 4. The Morgan fingerprint density at radius 3 is 1.39 bits per heavy atom. The van der Waals surface area contributed by atoms with Gasteiger partial charge in [0, 0.05) is 23.2 Å². The second kappa shape index (κ2) is 17.6. The first-order valence-electron chi connectivity index (χ1n) is 19.2. The van der Waals surface area contributed by atoms with Crippen LogP contribution in [-0.4, -0.2) is 92.1 Å². The third kappa shape index (κ3) is 8.57. The van der Waals surface area contributed by atoms with Gasteiger partial charge in [-0.25, -0.2) is 19.6 Å². The van der Waals surface area contributed by atoms with Crippen molar-refractivity contribution < 1.29 is 28.7 Å². The van der Waals surface area contributed by atoms with Gasteiger partial charge in [-0.3, -0.25) is 9.59 Å². The number of ether oxygens (including phenoxy) is 2. The molecule has 4 N–H and O–H groups in total. The zero-order chi connectivity index (χ0) is 39.9. The van der Waals surface area contributed by atoms with Crippen molar-refractivity contribution in [3.63, 3.8) is 0 Å². The molecule has 6 rings (SSSR count). The lowest BCUT2D eigenvalue weighted by molar-refractivity contribution is -0.137. The van der Waals surface area contributed by atoms with Gasteiger partial charge in [0.1, 0.15) is 23.7 Å². The van der Waals surface area contributed by atoms with Crippen molar-refractivity contribution in [3.8, 4) is 34.4 Å². The summed E-state index contributed by atoms with van der Waals surface area (Å²) in [4.78, 5) is 70.5. The lowest BCUT2D eigenvalue weighted by Gasteiger charge is -2.31. The second-order valence-corrected chi connectivity index (χ2v) is 14.3. The molecule has 2 aromatic carbocycles. The van der Waals surface area contributed by atoms with Gasteiger partial charge in [0.15, 0.2) is 0 Å². The lowest BCUT2D eigenvalue weighted by Crippen LogP contribution is -2.50. The molecule has 4 aromatic rings. The van der Waals surface area contributed by atoms with E-state index in [0.29, 0.717) is 24.5 Å². The minimum Gasteiger partial charge on any atom is -0.453 e. The van der Waals surface area contributed by atoms with E-state index in [1.54, 1.807) is 12.4 Å². The molecule has 4 heterocycles. The number of rotatable bonds is 10. The predicted octanol–water partition coefficient (Wildman–Crippen LogP) is 6.24. The lowest BCUT2D eigenvalue weighted by atomic mass is 10.1. The van der Waals surface area contributed by atoms with Gasteiger partial charge in [0.05, 0.1) is 50.1 Å². The Kier molecular flexibility index (Phi) is 12.4. The number of aromatic amines is 2. The molecule has 0 saturated carbocycles. The number of benzene rings is 2. The first-order valence-corrected chi connectivity index (χ1v) is 19.2. The van der Waals surface area contributed by atoms with E-state index >= 15 is 0 Å². The maximum atomic E-state index is 13.5. The Hall–Kier alpha value is -6.10.